The number of nitrogens with zero attached hydrogens (tertiary/aromatic N) is 1. The summed E-state index contributed by atoms with van der Waals surface area (Å²) in [6, 6.07) is 22.4. The van der Waals surface area contributed by atoms with E-state index < -0.39 is 15.9 Å². The van der Waals surface area contributed by atoms with Gasteiger partial charge in [-0.3, -0.25) is 4.79 Å². The van der Waals surface area contributed by atoms with Gasteiger partial charge in [-0.25, -0.2) is 8.42 Å². The molecule has 3 rings (SSSR count). The Hall–Kier alpha value is -2.87. The number of methoxy groups -OCH3 is 1. The van der Waals surface area contributed by atoms with Crippen LogP contribution >= 0.6 is 11.6 Å². The fraction of sp³-hybridized carbons (Fsp3) is 0.174. The van der Waals surface area contributed by atoms with E-state index in [4.69, 9.17) is 16.3 Å². The van der Waals surface area contributed by atoms with Crippen LogP contribution in [-0.2, 0) is 27.9 Å². The van der Waals surface area contributed by atoms with E-state index in [0.717, 1.165) is 21.2 Å². The van der Waals surface area contributed by atoms with Gasteiger partial charge >= 0.3 is 0 Å². The SMILES string of the molecule is COc1ccc(CNC(=O)CN(Cc2ccccc2)S(=O)(=O)c2cccc(Cl)c2)cc1. The van der Waals surface area contributed by atoms with Crippen LogP contribution in [-0.4, -0.2) is 32.3 Å². The van der Waals surface area contributed by atoms with Gasteiger partial charge in [-0.05, 0) is 41.5 Å². The zero-order valence-corrected chi connectivity index (χ0v) is 18.6. The van der Waals surface area contributed by atoms with E-state index in [1.165, 1.54) is 12.1 Å². The van der Waals surface area contributed by atoms with Crippen molar-refractivity contribution in [1.29, 1.82) is 0 Å². The Kier molecular flexibility index (Phi) is 7.68. The van der Waals surface area contributed by atoms with Crippen LogP contribution in [0.2, 0.25) is 5.02 Å². The summed E-state index contributed by atoms with van der Waals surface area (Å²) in [7, 11) is -2.36. The fourth-order valence-corrected chi connectivity index (χ4v) is 4.64. The molecule has 0 aromatic heterocycles. The van der Waals surface area contributed by atoms with Crippen LogP contribution in [0.5, 0.6) is 5.75 Å². The minimum atomic E-state index is -3.94. The minimum Gasteiger partial charge on any atom is -0.497 e. The molecular weight excluding hydrogens is 436 g/mol. The summed E-state index contributed by atoms with van der Waals surface area (Å²) >= 11 is 5.99. The molecule has 0 fully saturated rings. The molecule has 0 heterocycles. The number of halogens is 1. The van der Waals surface area contributed by atoms with E-state index in [2.05, 4.69) is 5.32 Å². The predicted molar refractivity (Wildman–Crippen MR) is 120 cm³/mol. The van der Waals surface area contributed by atoms with Gasteiger partial charge in [0, 0.05) is 18.1 Å². The van der Waals surface area contributed by atoms with Crippen molar-refractivity contribution in [3.63, 3.8) is 0 Å². The Morgan fingerprint density at radius 2 is 1.68 bits per heavy atom. The molecule has 1 N–H and O–H groups in total. The van der Waals surface area contributed by atoms with E-state index in [1.807, 2.05) is 42.5 Å². The number of nitrogens with one attached hydrogen (secondary N) is 1. The second-order valence-electron chi connectivity index (χ2n) is 6.84. The average Bonchev–Trinajstić information content (AvgIpc) is 2.78. The van der Waals surface area contributed by atoms with Crippen molar-refractivity contribution in [1.82, 2.24) is 9.62 Å². The molecule has 3 aromatic carbocycles. The molecule has 0 saturated heterocycles. The Labute approximate surface area is 187 Å². The van der Waals surface area contributed by atoms with Crippen LogP contribution in [0.1, 0.15) is 11.1 Å². The van der Waals surface area contributed by atoms with E-state index in [1.54, 1.807) is 31.4 Å². The molecule has 0 aliphatic heterocycles. The Morgan fingerprint density at radius 1 is 0.968 bits per heavy atom. The van der Waals surface area contributed by atoms with Gasteiger partial charge in [0.25, 0.3) is 0 Å². The molecule has 0 radical (unpaired) electrons. The largest absolute Gasteiger partial charge is 0.497 e. The lowest BCUT2D eigenvalue weighted by molar-refractivity contribution is -0.121. The molecule has 0 bridgehead atoms. The number of ether oxygens (including phenoxy) is 1. The van der Waals surface area contributed by atoms with E-state index in [9.17, 15) is 13.2 Å². The van der Waals surface area contributed by atoms with Crippen LogP contribution < -0.4 is 10.1 Å². The molecule has 3 aromatic rings. The Balaban J connectivity index is 1.76. The molecule has 0 saturated carbocycles. The van der Waals surface area contributed by atoms with Crippen molar-refractivity contribution in [3.05, 3.63) is 95.0 Å². The molecule has 0 aliphatic rings. The van der Waals surface area contributed by atoms with Gasteiger partial charge in [-0.2, -0.15) is 4.31 Å². The topological polar surface area (TPSA) is 75.7 Å². The maximum absolute atomic E-state index is 13.2. The summed E-state index contributed by atoms with van der Waals surface area (Å²) in [6.07, 6.45) is 0. The summed E-state index contributed by atoms with van der Waals surface area (Å²) in [5, 5.41) is 3.09. The standard InChI is InChI=1S/C23H23ClN2O4S/c1-30-21-12-10-18(11-13-21)15-25-23(27)17-26(16-19-6-3-2-4-7-19)31(28,29)22-9-5-8-20(24)14-22/h2-14H,15-17H2,1H3,(H,25,27). The van der Waals surface area contributed by atoms with Crippen LogP contribution in [0, 0.1) is 0 Å². The highest BCUT2D eigenvalue weighted by molar-refractivity contribution is 7.89. The van der Waals surface area contributed by atoms with Crippen molar-refractivity contribution in [2.45, 2.75) is 18.0 Å². The first-order valence-electron chi connectivity index (χ1n) is 9.58. The van der Waals surface area contributed by atoms with Crippen molar-refractivity contribution < 1.29 is 17.9 Å². The molecule has 6 nitrogen and oxygen atoms in total. The fourth-order valence-electron chi connectivity index (χ4n) is 2.95. The minimum absolute atomic E-state index is 0.0406. The predicted octanol–water partition coefficient (Wildman–Crippen LogP) is 3.86. The molecule has 0 spiro atoms. The van der Waals surface area contributed by atoms with E-state index in [-0.39, 0.29) is 24.5 Å². The summed E-state index contributed by atoms with van der Waals surface area (Å²) in [5.74, 6) is 0.314. The molecule has 0 aliphatic carbocycles. The van der Waals surface area contributed by atoms with E-state index >= 15 is 0 Å². The van der Waals surface area contributed by atoms with Crippen LogP contribution in [0.15, 0.2) is 83.8 Å². The summed E-state index contributed by atoms with van der Waals surface area (Å²) in [4.78, 5) is 12.7. The number of amides is 1. The van der Waals surface area contributed by atoms with Gasteiger partial charge in [0.15, 0.2) is 0 Å². The van der Waals surface area contributed by atoms with Crippen LogP contribution in [0.25, 0.3) is 0 Å². The van der Waals surface area contributed by atoms with Crippen molar-refractivity contribution >= 4 is 27.5 Å². The van der Waals surface area contributed by atoms with Gasteiger partial charge in [-0.1, -0.05) is 60.1 Å². The number of sulfonamides is 1. The maximum atomic E-state index is 13.2. The molecule has 0 unspecified atom stereocenters. The lowest BCUT2D eigenvalue weighted by atomic mass is 10.2. The number of hydrogen-bond acceptors (Lipinski definition) is 4. The number of rotatable bonds is 9. The van der Waals surface area contributed by atoms with Gasteiger partial charge in [0.05, 0.1) is 18.6 Å². The maximum Gasteiger partial charge on any atom is 0.243 e. The Morgan fingerprint density at radius 3 is 2.32 bits per heavy atom. The average molecular weight is 459 g/mol. The van der Waals surface area contributed by atoms with Gasteiger partial charge in [0.2, 0.25) is 15.9 Å². The van der Waals surface area contributed by atoms with Gasteiger partial charge in [-0.15, -0.1) is 0 Å². The third kappa shape index (κ3) is 6.30. The quantitative estimate of drug-likeness (QED) is 0.528. The molecule has 0 atom stereocenters. The second-order valence-corrected chi connectivity index (χ2v) is 9.22. The van der Waals surface area contributed by atoms with Crippen molar-refractivity contribution in [3.8, 4) is 5.75 Å². The summed E-state index contributed by atoms with van der Waals surface area (Å²) in [6.45, 7) is 0.0186. The first-order chi connectivity index (χ1) is 14.9. The monoisotopic (exact) mass is 458 g/mol. The summed E-state index contributed by atoms with van der Waals surface area (Å²) < 4.78 is 32.8. The third-order valence-corrected chi connectivity index (χ3v) is 6.63. The van der Waals surface area contributed by atoms with Crippen LogP contribution in [0.4, 0.5) is 0 Å². The lowest BCUT2D eigenvalue weighted by Gasteiger charge is -2.22. The van der Waals surface area contributed by atoms with Crippen LogP contribution in [0.3, 0.4) is 0 Å². The highest BCUT2D eigenvalue weighted by Gasteiger charge is 2.27. The van der Waals surface area contributed by atoms with Gasteiger partial charge in [0.1, 0.15) is 5.75 Å². The molecular formula is C23H23ClN2O4S. The Bertz CT molecular complexity index is 1120. The zero-order valence-electron chi connectivity index (χ0n) is 17.0. The molecule has 162 valence electrons. The highest BCUT2D eigenvalue weighted by Crippen LogP contribution is 2.21. The van der Waals surface area contributed by atoms with Crippen molar-refractivity contribution in [2.75, 3.05) is 13.7 Å². The lowest BCUT2D eigenvalue weighted by Crippen LogP contribution is -2.40. The molecule has 8 heteroatoms. The highest BCUT2D eigenvalue weighted by atomic mass is 35.5. The number of benzene rings is 3. The van der Waals surface area contributed by atoms with Gasteiger partial charge < -0.3 is 10.1 Å². The van der Waals surface area contributed by atoms with E-state index in [0.29, 0.717) is 5.02 Å². The number of carbonyl (C=O) groups is 1. The number of carbonyl (C=O) groups excluding carboxylic acids is 1. The first kappa shape index (κ1) is 22.8. The normalized spacial score (nSPS) is 11.3. The first-order valence-corrected chi connectivity index (χ1v) is 11.4. The number of hydrogen-bond donors (Lipinski definition) is 1. The smallest absolute Gasteiger partial charge is 0.243 e. The second kappa shape index (κ2) is 10.4. The molecule has 1 amide bonds. The molecule has 31 heavy (non-hydrogen) atoms. The zero-order chi connectivity index (χ0) is 22.3. The third-order valence-electron chi connectivity index (χ3n) is 4.60. The van der Waals surface area contributed by atoms with Crippen molar-refractivity contribution in [2.24, 2.45) is 0 Å². The summed E-state index contributed by atoms with van der Waals surface area (Å²) in [5.41, 5.74) is 1.65.